The Balaban J connectivity index is 1.48. The maximum Gasteiger partial charge on any atom is 0.321 e. The van der Waals surface area contributed by atoms with Crippen LogP contribution in [0.15, 0.2) is 47.0 Å². The van der Waals surface area contributed by atoms with Gasteiger partial charge in [-0.25, -0.2) is 4.79 Å². The molecule has 1 aromatic heterocycles. The van der Waals surface area contributed by atoms with E-state index in [1.165, 1.54) is 4.90 Å². The molecule has 0 bridgehead atoms. The summed E-state index contributed by atoms with van der Waals surface area (Å²) in [6.45, 7) is 4.62. The number of anilines is 1. The number of hydrogen-bond donors (Lipinski definition) is 2. The van der Waals surface area contributed by atoms with Crippen molar-refractivity contribution in [2.45, 2.75) is 26.8 Å². The number of rotatable bonds is 7. The van der Waals surface area contributed by atoms with E-state index in [0.717, 1.165) is 16.7 Å². The lowest BCUT2D eigenvalue weighted by molar-refractivity contribution is 0.0907. The summed E-state index contributed by atoms with van der Waals surface area (Å²) in [5.41, 5.74) is 3.67. The smallest absolute Gasteiger partial charge is 0.321 e. The molecule has 2 N–H and O–H groups in total. The van der Waals surface area contributed by atoms with Crippen LogP contribution in [0.1, 0.15) is 33.2 Å². The molecule has 162 valence electrons. The summed E-state index contributed by atoms with van der Waals surface area (Å²) in [4.78, 5) is 30.1. The number of carbonyl (C=O) groups is 2. The number of halogens is 1. The molecule has 31 heavy (non-hydrogen) atoms. The van der Waals surface area contributed by atoms with E-state index in [1.54, 1.807) is 19.2 Å². The zero-order valence-electron chi connectivity index (χ0n) is 17.6. The first-order chi connectivity index (χ1) is 14.8. The zero-order chi connectivity index (χ0) is 22.4. The lowest BCUT2D eigenvalue weighted by atomic mass is 10.1. The number of hydrogen-bond acceptors (Lipinski definition) is 5. The Morgan fingerprint density at radius 1 is 1.10 bits per heavy atom. The Morgan fingerprint density at radius 2 is 1.81 bits per heavy atom. The van der Waals surface area contributed by atoms with E-state index in [9.17, 15) is 9.59 Å². The normalized spacial score (nSPS) is 10.6. The van der Waals surface area contributed by atoms with E-state index in [4.69, 9.17) is 16.1 Å². The van der Waals surface area contributed by atoms with E-state index < -0.39 is 5.91 Å². The van der Waals surface area contributed by atoms with Gasteiger partial charge in [-0.3, -0.25) is 4.79 Å². The first-order valence-electron chi connectivity index (χ1n) is 9.76. The van der Waals surface area contributed by atoms with Gasteiger partial charge in [-0.2, -0.15) is 4.98 Å². The largest absolute Gasteiger partial charge is 0.344 e. The Labute approximate surface area is 185 Å². The molecule has 0 spiro atoms. The second-order valence-electron chi connectivity index (χ2n) is 7.27. The van der Waals surface area contributed by atoms with Crippen molar-refractivity contribution >= 4 is 29.2 Å². The summed E-state index contributed by atoms with van der Waals surface area (Å²) in [7, 11) is 1.65. The summed E-state index contributed by atoms with van der Waals surface area (Å²) in [5, 5.41) is 9.79. The van der Waals surface area contributed by atoms with Crippen LogP contribution in [0.5, 0.6) is 0 Å². The van der Waals surface area contributed by atoms with Crippen LogP contribution in [0.4, 0.5) is 10.5 Å². The number of benzene rings is 2. The Morgan fingerprint density at radius 3 is 2.52 bits per heavy atom. The van der Waals surface area contributed by atoms with Crippen LogP contribution in [0.25, 0.3) is 0 Å². The molecule has 1 heterocycles. The fourth-order valence-corrected chi connectivity index (χ4v) is 3.00. The maximum absolute atomic E-state index is 12.4. The van der Waals surface area contributed by atoms with Crippen LogP contribution in [0, 0.1) is 13.8 Å². The van der Waals surface area contributed by atoms with E-state index in [2.05, 4.69) is 20.8 Å². The number of urea groups is 1. The Hall–Kier alpha value is -3.39. The molecule has 0 aliphatic carbocycles. The number of nitrogens with one attached hydrogen (secondary N) is 2. The molecule has 2 aromatic carbocycles. The monoisotopic (exact) mass is 441 g/mol. The molecule has 0 aliphatic heterocycles. The highest BCUT2D eigenvalue weighted by Gasteiger charge is 2.16. The molecular weight excluding hydrogens is 418 g/mol. The van der Waals surface area contributed by atoms with E-state index >= 15 is 0 Å². The minimum atomic E-state index is -0.445. The first kappa shape index (κ1) is 22.3. The number of amides is 3. The van der Waals surface area contributed by atoms with Gasteiger partial charge in [0.1, 0.15) is 0 Å². The van der Waals surface area contributed by atoms with Crippen molar-refractivity contribution < 1.29 is 14.1 Å². The summed E-state index contributed by atoms with van der Waals surface area (Å²) >= 11 is 6.15. The van der Waals surface area contributed by atoms with Crippen molar-refractivity contribution in [1.82, 2.24) is 20.4 Å². The molecule has 0 saturated carbocycles. The first-order valence-corrected chi connectivity index (χ1v) is 10.1. The molecule has 8 nitrogen and oxygen atoms in total. The molecule has 3 amide bonds. The minimum absolute atomic E-state index is 0.111. The van der Waals surface area contributed by atoms with Crippen molar-refractivity contribution in [1.29, 1.82) is 0 Å². The van der Waals surface area contributed by atoms with Crippen LogP contribution in [0.3, 0.4) is 0 Å². The third kappa shape index (κ3) is 6.29. The SMILES string of the molecule is Cc1ccc(CNC(=O)c2nc(CCN(C)C(=O)Nc3ccc(C)cc3Cl)no2)cc1. The maximum atomic E-state index is 12.4. The van der Waals surface area contributed by atoms with Gasteiger partial charge in [0.2, 0.25) is 0 Å². The highest BCUT2D eigenvalue weighted by atomic mass is 35.5. The molecule has 0 fully saturated rings. The van der Waals surface area contributed by atoms with Gasteiger partial charge < -0.3 is 20.1 Å². The summed E-state index contributed by atoms with van der Waals surface area (Å²) in [5.74, 6) is -0.214. The summed E-state index contributed by atoms with van der Waals surface area (Å²) in [6.07, 6.45) is 0.334. The van der Waals surface area contributed by atoms with Crippen LogP contribution in [-0.4, -0.2) is 40.6 Å². The second-order valence-corrected chi connectivity index (χ2v) is 7.68. The van der Waals surface area contributed by atoms with Crippen molar-refractivity contribution in [3.05, 3.63) is 75.9 Å². The highest BCUT2D eigenvalue weighted by molar-refractivity contribution is 6.33. The van der Waals surface area contributed by atoms with Crippen molar-refractivity contribution in [3.63, 3.8) is 0 Å². The number of nitrogens with zero attached hydrogens (tertiary/aromatic N) is 3. The number of aryl methyl sites for hydroxylation is 2. The molecule has 9 heteroatoms. The van der Waals surface area contributed by atoms with Gasteiger partial charge in [0.15, 0.2) is 5.82 Å². The molecule has 0 unspecified atom stereocenters. The van der Waals surface area contributed by atoms with E-state index in [1.807, 2.05) is 44.2 Å². The molecule has 0 aliphatic rings. The van der Waals surface area contributed by atoms with Crippen LogP contribution in [-0.2, 0) is 13.0 Å². The van der Waals surface area contributed by atoms with Gasteiger partial charge in [0, 0.05) is 26.6 Å². The van der Waals surface area contributed by atoms with Gasteiger partial charge in [0.05, 0.1) is 10.7 Å². The van der Waals surface area contributed by atoms with Gasteiger partial charge in [-0.15, -0.1) is 0 Å². The van der Waals surface area contributed by atoms with Gasteiger partial charge in [-0.1, -0.05) is 52.7 Å². The number of carbonyl (C=O) groups excluding carboxylic acids is 2. The van der Waals surface area contributed by atoms with Crippen LogP contribution < -0.4 is 10.6 Å². The number of likely N-dealkylation sites (N-methyl/N-ethyl adjacent to an activating group) is 1. The van der Waals surface area contributed by atoms with E-state index in [-0.39, 0.29) is 11.9 Å². The number of aromatic nitrogens is 2. The van der Waals surface area contributed by atoms with Crippen LogP contribution in [0.2, 0.25) is 5.02 Å². The Kier molecular flexibility index (Phi) is 7.25. The third-order valence-corrected chi connectivity index (χ3v) is 4.93. The van der Waals surface area contributed by atoms with E-state index in [0.29, 0.717) is 36.0 Å². The zero-order valence-corrected chi connectivity index (χ0v) is 18.4. The average molecular weight is 442 g/mol. The molecule has 0 saturated heterocycles. The lowest BCUT2D eigenvalue weighted by Crippen LogP contribution is -2.33. The average Bonchev–Trinajstić information content (AvgIpc) is 3.22. The molecule has 3 rings (SSSR count). The van der Waals surface area contributed by atoms with Crippen molar-refractivity contribution in [3.8, 4) is 0 Å². The highest BCUT2D eigenvalue weighted by Crippen LogP contribution is 2.22. The lowest BCUT2D eigenvalue weighted by Gasteiger charge is -2.17. The quantitative estimate of drug-likeness (QED) is 0.577. The minimum Gasteiger partial charge on any atom is -0.344 e. The molecular formula is C22H24ClN5O3. The predicted octanol–water partition coefficient (Wildman–Crippen LogP) is 3.98. The van der Waals surface area contributed by atoms with Gasteiger partial charge in [-0.05, 0) is 37.1 Å². The second kappa shape index (κ2) is 10.1. The third-order valence-electron chi connectivity index (χ3n) is 4.62. The van der Waals surface area contributed by atoms with Gasteiger partial charge >= 0.3 is 17.8 Å². The fourth-order valence-electron chi connectivity index (χ4n) is 2.71. The summed E-state index contributed by atoms with van der Waals surface area (Å²) < 4.78 is 5.04. The van der Waals surface area contributed by atoms with Gasteiger partial charge in [0.25, 0.3) is 0 Å². The standard InChI is InChI=1S/C22H24ClN5O3/c1-14-4-7-16(8-5-14)13-24-20(29)21-26-19(27-31-21)10-11-28(3)22(30)25-18-9-6-15(2)12-17(18)23/h4-9,12H,10-11,13H2,1-3H3,(H,24,29)(H,25,30). The molecule has 0 atom stereocenters. The predicted molar refractivity (Wildman–Crippen MR) is 118 cm³/mol. The fraction of sp³-hybridized carbons (Fsp3) is 0.273. The molecule has 3 aromatic rings. The summed E-state index contributed by atoms with van der Waals surface area (Å²) in [6, 6.07) is 12.9. The van der Waals surface area contributed by atoms with Crippen molar-refractivity contribution in [2.75, 3.05) is 18.9 Å². The van der Waals surface area contributed by atoms with Crippen molar-refractivity contribution in [2.24, 2.45) is 0 Å². The van der Waals surface area contributed by atoms with Crippen LogP contribution >= 0.6 is 11.6 Å². The topological polar surface area (TPSA) is 100 Å². The Bertz CT molecular complexity index is 1070. The molecule has 0 radical (unpaired) electrons.